The number of hydrogen-bond acceptors (Lipinski definition) is 4. The van der Waals surface area contributed by atoms with Gasteiger partial charge in [-0.05, 0) is 26.7 Å². The summed E-state index contributed by atoms with van der Waals surface area (Å²) in [6.07, 6.45) is 4.30. The van der Waals surface area contributed by atoms with Crippen molar-refractivity contribution in [3.8, 4) is 0 Å². The first-order chi connectivity index (χ1) is 8.02. The van der Waals surface area contributed by atoms with Crippen LogP contribution in [0.4, 0.5) is 0 Å². The Balaban J connectivity index is 1.88. The zero-order chi connectivity index (χ0) is 12.5. The molecule has 0 aromatic carbocycles. The Morgan fingerprint density at radius 3 is 2.94 bits per heavy atom. The maximum Gasteiger partial charge on any atom is 0.168 e. The summed E-state index contributed by atoms with van der Waals surface area (Å²) in [5, 5.41) is 10.0. The van der Waals surface area contributed by atoms with Crippen LogP contribution in [-0.4, -0.2) is 32.1 Å². The van der Waals surface area contributed by atoms with Gasteiger partial charge in [-0.3, -0.25) is 0 Å². The molecule has 96 valence electrons. The third kappa shape index (κ3) is 3.03. The van der Waals surface area contributed by atoms with E-state index in [-0.39, 0.29) is 12.2 Å². The Hall–Kier alpha value is -0.520. The number of aliphatic hydroxyl groups excluding tert-OH is 1. The van der Waals surface area contributed by atoms with Crippen LogP contribution in [0.3, 0.4) is 0 Å². The maximum absolute atomic E-state index is 9.09. The van der Waals surface area contributed by atoms with Crippen molar-refractivity contribution in [2.24, 2.45) is 7.05 Å². The average molecular weight is 256 g/mol. The number of thioether (sulfide) groups is 1. The normalized spacial score (nSPS) is 23.2. The molecule has 1 aromatic heterocycles. The fourth-order valence-corrected chi connectivity index (χ4v) is 3.08. The number of ether oxygens (including phenoxy) is 1. The molecule has 1 aromatic rings. The van der Waals surface area contributed by atoms with Gasteiger partial charge in [-0.2, -0.15) is 0 Å². The summed E-state index contributed by atoms with van der Waals surface area (Å²) in [5.41, 5.74) is 0.878. The number of imidazole rings is 1. The molecule has 0 saturated carbocycles. The first kappa shape index (κ1) is 12.9. The van der Waals surface area contributed by atoms with E-state index in [1.807, 2.05) is 11.6 Å². The molecule has 0 bridgehead atoms. The summed E-state index contributed by atoms with van der Waals surface area (Å²) < 4.78 is 7.87. The van der Waals surface area contributed by atoms with Gasteiger partial charge in [0, 0.05) is 12.8 Å². The lowest BCUT2D eigenvalue weighted by Gasteiger charge is -2.18. The molecule has 4 nitrogen and oxygen atoms in total. The molecule has 1 atom stereocenters. The Bertz CT molecular complexity index is 390. The highest BCUT2D eigenvalue weighted by atomic mass is 32.2. The van der Waals surface area contributed by atoms with E-state index in [1.165, 1.54) is 0 Å². The second-order valence-electron chi connectivity index (χ2n) is 5.10. The largest absolute Gasteiger partial charge is 0.390 e. The minimum absolute atomic E-state index is 0.0309. The minimum atomic E-state index is 0.0309. The van der Waals surface area contributed by atoms with E-state index in [4.69, 9.17) is 9.84 Å². The SMILES string of the molecule is Cn1c(CO)cnc1SCC1CCC(C)(C)O1. The van der Waals surface area contributed by atoms with E-state index in [0.717, 1.165) is 29.4 Å². The summed E-state index contributed by atoms with van der Waals surface area (Å²) in [7, 11) is 1.93. The van der Waals surface area contributed by atoms with Gasteiger partial charge >= 0.3 is 0 Å². The predicted octanol–water partition coefficient (Wildman–Crippen LogP) is 1.96. The van der Waals surface area contributed by atoms with Gasteiger partial charge in [-0.1, -0.05) is 11.8 Å². The van der Waals surface area contributed by atoms with E-state index in [9.17, 15) is 0 Å². The number of rotatable bonds is 4. The van der Waals surface area contributed by atoms with Crippen molar-refractivity contribution in [3.05, 3.63) is 11.9 Å². The van der Waals surface area contributed by atoms with E-state index in [0.29, 0.717) is 6.10 Å². The van der Waals surface area contributed by atoms with Crippen LogP contribution in [-0.2, 0) is 18.4 Å². The zero-order valence-corrected chi connectivity index (χ0v) is 11.5. The third-order valence-corrected chi connectivity index (χ3v) is 4.33. The predicted molar refractivity (Wildman–Crippen MR) is 68.0 cm³/mol. The second-order valence-corrected chi connectivity index (χ2v) is 6.09. The molecule has 0 aliphatic carbocycles. The van der Waals surface area contributed by atoms with Gasteiger partial charge in [0.2, 0.25) is 0 Å². The molecule has 17 heavy (non-hydrogen) atoms. The lowest BCUT2D eigenvalue weighted by atomic mass is 10.1. The fourth-order valence-electron chi connectivity index (χ4n) is 2.07. The van der Waals surface area contributed by atoms with E-state index in [1.54, 1.807) is 18.0 Å². The monoisotopic (exact) mass is 256 g/mol. The van der Waals surface area contributed by atoms with Crippen LogP contribution < -0.4 is 0 Å². The van der Waals surface area contributed by atoms with Crippen LogP contribution >= 0.6 is 11.8 Å². The third-order valence-electron chi connectivity index (χ3n) is 3.16. The van der Waals surface area contributed by atoms with Crippen molar-refractivity contribution in [1.82, 2.24) is 9.55 Å². The van der Waals surface area contributed by atoms with Gasteiger partial charge in [0.1, 0.15) is 0 Å². The van der Waals surface area contributed by atoms with Gasteiger partial charge in [-0.15, -0.1) is 0 Å². The van der Waals surface area contributed by atoms with E-state index < -0.39 is 0 Å². The molecule has 1 saturated heterocycles. The summed E-state index contributed by atoms with van der Waals surface area (Å²) in [4.78, 5) is 4.29. The van der Waals surface area contributed by atoms with Crippen molar-refractivity contribution < 1.29 is 9.84 Å². The highest BCUT2D eigenvalue weighted by Crippen LogP contribution is 2.32. The number of aliphatic hydroxyl groups is 1. The van der Waals surface area contributed by atoms with Crippen LogP contribution in [0.5, 0.6) is 0 Å². The summed E-state index contributed by atoms with van der Waals surface area (Å²) in [6, 6.07) is 0. The van der Waals surface area contributed by atoms with E-state index in [2.05, 4.69) is 18.8 Å². The molecule has 5 heteroatoms. The van der Waals surface area contributed by atoms with Crippen LogP contribution in [0.2, 0.25) is 0 Å². The van der Waals surface area contributed by atoms with Crippen LogP contribution in [0, 0.1) is 0 Å². The summed E-state index contributed by atoms with van der Waals surface area (Å²) in [5.74, 6) is 0.930. The standard InChI is InChI=1S/C12H20N2O2S/c1-12(2)5-4-10(16-12)8-17-11-13-6-9(7-15)14(11)3/h6,10,15H,4-5,7-8H2,1-3H3. The van der Waals surface area contributed by atoms with Crippen LogP contribution in [0.25, 0.3) is 0 Å². The number of hydrogen-bond donors (Lipinski definition) is 1. The van der Waals surface area contributed by atoms with Gasteiger partial charge in [-0.25, -0.2) is 4.98 Å². The molecule has 1 aliphatic heterocycles. The van der Waals surface area contributed by atoms with Crippen LogP contribution in [0.1, 0.15) is 32.4 Å². The molecular weight excluding hydrogens is 236 g/mol. The Morgan fingerprint density at radius 2 is 2.41 bits per heavy atom. The molecule has 1 fully saturated rings. The van der Waals surface area contributed by atoms with Crippen LogP contribution in [0.15, 0.2) is 11.4 Å². The summed E-state index contributed by atoms with van der Waals surface area (Å²) >= 11 is 1.70. The topological polar surface area (TPSA) is 47.3 Å². The Kier molecular flexibility index (Phi) is 3.80. The highest BCUT2D eigenvalue weighted by molar-refractivity contribution is 7.99. The van der Waals surface area contributed by atoms with Gasteiger partial charge in [0.25, 0.3) is 0 Å². The second kappa shape index (κ2) is 5.00. The first-order valence-electron chi connectivity index (χ1n) is 5.94. The highest BCUT2D eigenvalue weighted by Gasteiger charge is 2.31. The molecule has 2 rings (SSSR count). The van der Waals surface area contributed by atoms with Crippen molar-refractivity contribution in [3.63, 3.8) is 0 Å². The van der Waals surface area contributed by atoms with Gasteiger partial charge in [0.05, 0.1) is 30.2 Å². The maximum atomic E-state index is 9.09. The van der Waals surface area contributed by atoms with Crippen molar-refractivity contribution in [2.75, 3.05) is 5.75 Å². The average Bonchev–Trinajstić information content (AvgIpc) is 2.79. The molecule has 0 amide bonds. The molecule has 2 heterocycles. The molecule has 1 N–H and O–H groups in total. The van der Waals surface area contributed by atoms with Crippen molar-refractivity contribution in [2.45, 2.75) is 50.2 Å². The van der Waals surface area contributed by atoms with Gasteiger partial charge in [0.15, 0.2) is 5.16 Å². The molecule has 1 aliphatic rings. The lowest BCUT2D eigenvalue weighted by Crippen LogP contribution is -2.21. The molecule has 1 unspecified atom stereocenters. The van der Waals surface area contributed by atoms with Gasteiger partial charge < -0.3 is 14.4 Å². The van der Waals surface area contributed by atoms with Crippen molar-refractivity contribution in [1.29, 1.82) is 0 Å². The zero-order valence-electron chi connectivity index (χ0n) is 10.6. The fraction of sp³-hybridized carbons (Fsp3) is 0.750. The lowest BCUT2D eigenvalue weighted by molar-refractivity contribution is -0.00469. The Labute approximate surface area is 106 Å². The quantitative estimate of drug-likeness (QED) is 0.837. The Morgan fingerprint density at radius 1 is 1.65 bits per heavy atom. The van der Waals surface area contributed by atoms with Crippen molar-refractivity contribution >= 4 is 11.8 Å². The number of nitrogens with zero attached hydrogens (tertiary/aromatic N) is 2. The molecular formula is C12H20N2O2S. The minimum Gasteiger partial charge on any atom is -0.390 e. The van der Waals surface area contributed by atoms with E-state index >= 15 is 0 Å². The summed E-state index contributed by atoms with van der Waals surface area (Å²) in [6.45, 7) is 4.32. The number of aromatic nitrogens is 2. The first-order valence-corrected chi connectivity index (χ1v) is 6.92. The molecule has 0 spiro atoms. The molecule has 0 radical (unpaired) electrons. The smallest absolute Gasteiger partial charge is 0.168 e.